The molecule has 2 heterocycles. The van der Waals surface area contributed by atoms with E-state index in [2.05, 4.69) is 5.43 Å². The molecule has 0 bridgehead atoms. The van der Waals surface area contributed by atoms with Crippen molar-refractivity contribution in [2.45, 2.75) is 13.0 Å². The van der Waals surface area contributed by atoms with Crippen molar-refractivity contribution in [3.63, 3.8) is 0 Å². The molecule has 164 valence electrons. The average molecular weight is 437 g/mol. The van der Waals surface area contributed by atoms with Crippen LogP contribution < -0.4 is 15.2 Å². The number of nitrogens with one attached hydrogen (secondary N) is 1. The number of nitrogens with zero attached hydrogens (tertiary/aromatic N) is 3. The Kier molecular flexibility index (Phi) is 5.50. The second kappa shape index (κ2) is 8.76. The Bertz CT molecular complexity index is 1300. The number of hydrazine groups is 1. The van der Waals surface area contributed by atoms with Crippen LogP contribution in [0.5, 0.6) is 5.75 Å². The molecule has 6 nitrogen and oxygen atoms in total. The van der Waals surface area contributed by atoms with Gasteiger partial charge in [0.1, 0.15) is 5.75 Å². The molecule has 1 atom stereocenters. The maximum atomic E-state index is 13.3. The summed E-state index contributed by atoms with van der Waals surface area (Å²) in [4.78, 5) is 13.3. The second-order valence-corrected chi connectivity index (χ2v) is 7.87. The Morgan fingerprint density at radius 1 is 0.909 bits per heavy atom. The molecule has 1 unspecified atom stereocenters. The Morgan fingerprint density at radius 3 is 2.18 bits per heavy atom. The van der Waals surface area contributed by atoms with Gasteiger partial charge in [0.2, 0.25) is 0 Å². The van der Waals surface area contributed by atoms with Crippen molar-refractivity contribution in [2.75, 3.05) is 12.1 Å². The van der Waals surface area contributed by atoms with Crippen molar-refractivity contribution in [2.24, 2.45) is 0 Å². The van der Waals surface area contributed by atoms with Crippen molar-refractivity contribution in [1.29, 1.82) is 0 Å². The van der Waals surface area contributed by atoms with Gasteiger partial charge in [0.05, 0.1) is 30.2 Å². The number of rotatable bonds is 5. The third-order valence-corrected chi connectivity index (χ3v) is 5.69. The van der Waals surface area contributed by atoms with E-state index in [1.54, 1.807) is 12.1 Å². The summed E-state index contributed by atoms with van der Waals surface area (Å²) in [7, 11) is 1.65. The molecule has 3 aromatic carbocycles. The third kappa shape index (κ3) is 4.04. The van der Waals surface area contributed by atoms with Gasteiger partial charge in [0.15, 0.2) is 0 Å². The molecule has 1 amide bonds. The van der Waals surface area contributed by atoms with E-state index in [9.17, 15) is 4.79 Å². The largest absolute Gasteiger partial charge is 0.497 e. The Labute approximate surface area is 192 Å². The maximum absolute atomic E-state index is 13.3. The zero-order valence-corrected chi connectivity index (χ0v) is 18.5. The summed E-state index contributed by atoms with van der Waals surface area (Å²) in [6.45, 7) is 1.99. The van der Waals surface area contributed by atoms with Crippen LogP contribution in [0.1, 0.15) is 12.5 Å². The van der Waals surface area contributed by atoms with Crippen LogP contribution in [0.15, 0.2) is 96.7 Å². The van der Waals surface area contributed by atoms with E-state index < -0.39 is 0 Å². The van der Waals surface area contributed by atoms with Gasteiger partial charge in [-0.3, -0.25) is 4.79 Å². The number of anilines is 1. The van der Waals surface area contributed by atoms with Crippen LogP contribution in [0.3, 0.4) is 0 Å². The van der Waals surface area contributed by atoms with E-state index in [1.807, 2.05) is 109 Å². The third-order valence-electron chi connectivity index (χ3n) is 5.69. The smallest absolute Gasteiger partial charge is 0.270 e. The first-order valence-electron chi connectivity index (χ1n) is 10.8. The SMILES string of the molecule is COc1ccc(-c2nn(-c3ccccc3)cc2/C=C2\C(=O)N(c3ccccc3)NC2C)cc1. The van der Waals surface area contributed by atoms with E-state index in [1.165, 1.54) is 0 Å². The van der Waals surface area contributed by atoms with Gasteiger partial charge in [-0.05, 0) is 61.5 Å². The first kappa shape index (κ1) is 20.7. The highest BCUT2D eigenvalue weighted by Crippen LogP contribution is 2.30. The predicted molar refractivity (Wildman–Crippen MR) is 130 cm³/mol. The lowest BCUT2D eigenvalue weighted by Crippen LogP contribution is -2.36. The molecule has 5 rings (SSSR count). The van der Waals surface area contributed by atoms with Crippen molar-refractivity contribution >= 4 is 17.7 Å². The molecular formula is C27H24N4O2. The lowest BCUT2D eigenvalue weighted by Gasteiger charge is -2.15. The van der Waals surface area contributed by atoms with Gasteiger partial charge in [-0.2, -0.15) is 5.10 Å². The molecule has 1 saturated heterocycles. The molecule has 0 saturated carbocycles. The minimum atomic E-state index is -0.138. The van der Waals surface area contributed by atoms with Gasteiger partial charge in [0, 0.05) is 22.9 Å². The van der Waals surface area contributed by atoms with E-state index in [-0.39, 0.29) is 11.9 Å². The molecule has 4 aromatic rings. The zero-order valence-electron chi connectivity index (χ0n) is 18.5. The van der Waals surface area contributed by atoms with Crippen LogP contribution in [-0.2, 0) is 4.79 Å². The highest BCUT2D eigenvalue weighted by molar-refractivity contribution is 6.11. The molecule has 1 aliphatic rings. The molecular weight excluding hydrogens is 412 g/mol. The monoisotopic (exact) mass is 436 g/mol. The Morgan fingerprint density at radius 2 is 1.55 bits per heavy atom. The minimum Gasteiger partial charge on any atom is -0.497 e. The van der Waals surface area contributed by atoms with Crippen molar-refractivity contribution in [1.82, 2.24) is 15.2 Å². The molecule has 33 heavy (non-hydrogen) atoms. The molecule has 0 radical (unpaired) electrons. The summed E-state index contributed by atoms with van der Waals surface area (Å²) in [5, 5.41) is 6.46. The Hall–Kier alpha value is -4.16. The number of carbonyl (C=O) groups excluding carboxylic acids is 1. The molecule has 1 aliphatic heterocycles. The van der Waals surface area contributed by atoms with Crippen LogP contribution in [0.2, 0.25) is 0 Å². The van der Waals surface area contributed by atoms with Crippen LogP contribution in [0.4, 0.5) is 5.69 Å². The number of aromatic nitrogens is 2. The van der Waals surface area contributed by atoms with Crippen LogP contribution in [-0.4, -0.2) is 28.8 Å². The lowest BCUT2D eigenvalue weighted by atomic mass is 10.0. The summed E-state index contributed by atoms with van der Waals surface area (Å²) in [6, 6.07) is 27.2. The quantitative estimate of drug-likeness (QED) is 0.454. The predicted octanol–water partition coefficient (Wildman–Crippen LogP) is 4.87. The average Bonchev–Trinajstić information content (AvgIpc) is 3.42. The number of para-hydroxylation sites is 2. The van der Waals surface area contributed by atoms with Gasteiger partial charge < -0.3 is 4.74 Å². The molecule has 1 fully saturated rings. The number of benzene rings is 3. The van der Waals surface area contributed by atoms with Gasteiger partial charge in [-0.15, -0.1) is 0 Å². The van der Waals surface area contributed by atoms with Crippen molar-refractivity contribution in [3.8, 4) is 22.7 Å². The van der Waals surface area contributed by atoms with E-state index in [0.29, 0.717) is 5.57 Å². The minimum absolute atomic E-state index is 0.0677. The number of amides is 1. The number of carbonyl (C=O) groups is 1. The van der Waals surface area contributed by atoms with E-state index in [0.717, 1.165) is 33.9 Å². The first-order valence-corrected chi connectivity index (χ1v) is 10.8. The molecule has 0 spiro atoms. The van der Waals surface area contributed by atoms with Gasteiger partial charge in [-0.1, -0.05) is 36.4 Å². The maximum Gasteiger partial charge on any atom is 0.270 e. The molecule has 1 aromatic heterocycles. The lowest BCUT2D eigenvalue weighted by molar-refractivity contribution is -0.114. The summed E-state index contributed by atoms with van der Waals surface area (Å²) in [6.07, 6.45) is 3.90. The van der Waals surface area contributed by atoms with E-state index in [4.69, 9.17) is 9.84 Å². The standard InChI is InChI=1S/C27H24N4O2/c1-19-25(27(32)31(28-19)23-11-7-4-8-12-23)17-21-18-30(22-9-5-3-6-10-22)29-26(21)20-13-15-24(33-2)16-14-20/h3-19,28H,1-2H3/b25-17-. The second-order valence-electron chi connectivity index (χ2n) is 7.87. The van der Waals surface area contributed by atoms with Crippen LogP contribution in [0.25, 0.3) is 23.0 Å². The van der Waals surface area contributed by atoms with Gasteiger partial charge in [-0.25, -0.2) is 15.1 Å². The van der Waals surface area contributed by atoms with Crippen LogP contribution >= 0.6 is 0 Å². The summed E-state index contributed by atoms with van der Waals surface area (Å²) >= 11 is 0. The summed E-state index contributed by atoms with van der Waals surface area (Å²) < 4.78 is 7.15. The highest BCUT2D eigenvalue weighted by atomic mass is 16.5. The fourth-order valence-corrected chi connectivity index (χ4v) is 3.94. The topological polar surface area (TPSA) is 59.4 Å². The number of hydrogen-bond acceptors (Lipinski definition) is 4. The van der Waals surface area contributed by atoms with Crippen molar-refractivity contribution < 1.29 is 9.53 Å². The molecule has 1 N–H and O–H groups in total. The van der Waals surface area contributed by atoms with Gasteiger partial charge in [0.25, 0.3) is 5.91 Å². The number of hydrogen-bond donors (Lipinski definition) is 1. The normalized spacial score (nSPS) is 17.0. The zero-order chi connectivity index (χ0) is 22.8. The number of ether oxygens (including phenoxy) is 1. The van der Waals surface area contributed by atoms with Crippen LogP contribution in [0, 0.1) is 0 Å². The Balaban J connectivity index is 1.58. The number of methoxy groups -OCH3 is 1. The summed E-state index contributed by atoms with van der Waals surface area (Å²) in [5.41, 5.74) is 8.34. The molecule has 0 aliphatic carbocycles. The van der Waals surface area contributed by atoms with Crippen molar-refractivity contribution in [3.05, 3.63) is 102 Å². The fraction of sp³-hybridized carbons (Fsp3) is 0.111. The fourth-order valence-electron chi connectivity index (χ4n) is 3.94. The molecule has 6 heteroatoms. The van der Waals surface area contributed by atoms with Gasteiger partial charge >= 0.3 is 0 Å². The summed E-state index contributed by atoms with van der Waals surface area (Å²) in [5.74, 6) is 0.713. The first-order chi connectivity index (χ1) is 16.1. The highest BCUT2D eigenvalue weighted by Gasteiger charge is 2.33. The van der Waals surface area contributed by atoms with E-state index >= 15 is 0 Å².